The predicted octanol–water partition coefficient (Wildman–Crippen LogP) is 22.3. The molecule has 93 heavy (non-hydrogen) atoms. The van der Waals surface area contributed by atoms with Crippen molar-refractivity contribution in [2.45, 2.75) is 288 Å². The lowest BCUT2D eigenvalue weighted by Crippen LogP contribution is -2.41. The predicted molar refractivity (Wildman–Crippen MR) is 395 cm³/mol. The third-order valence-corrected chi connectivity index (χ3v) is 20.3. The first-order valence-corrected chi connectivity index (χ1v) is 35.3. The average Bonchev–Trinajstić information content (AvgIpc) is 1.53. The van der Waals surface area contributed by atoms with Gasteiger partial charge >= 0.3 is 7.12 Å². The number of benzene rings is 6. The van der Waals surface area contributed by atoms with Gasteiger partial charge in [0, 0.05) is 39.8 Å². The highest BCUT2D eigenvalue weighted by atomic mass is 16.7. The fraction of sp³-hybridized carbons (Fsp3) is 0.571. The van der Waals surface area contributed by atoms with Crippen molar-refractivity contribution < 1.29 is 28.3 Å². The van der Waals surface area contributed by atoms with E-state index in [0.29, 0.717) is 6.61 Å². The van der Waals surface area contributed by atoms with Gasteiger partial charge in [-0.3, -0.25) is 0 Å². The average molecular weight is 1260 g/mol. The van der Waals surface area contributed by atoms with E-state index in [1.165, 1.54) is 66.0 Å². The van der Waals surface area contributed by atoms with E-state index in [0.717, 1.165) is 97.3 Å². The van der Waals surface area contributed by atoms with Crippen molar-refractivity contribution in [2.24, 2.45) is 10.8 Å². The van der Waals surface area contributed by atoms with Gasteiger partial charge in [-0.15, -0.1) is 0 Å². The number of ether oxygens (including phenoxy) is 4. The summed E-state index contributed by atoms with van der Waals surface area (Å²) in [7, 11) is -0.606. The summed E-state index contributed by atoms with van der Waals surface area (Å²) in [6.07, 6.45) is 7.67. The Labute approximate surface area is 561 Å². The Balaban J connectivity index is 0.000000207. The zero-order chi connectivity index (χ0) is 68.2. The zero-order valence-electron chi connectivity index (χ0n) is 62.5. The molecule has 2 unspecified atom stereocenters. The van der Waals surface area contributed by atoms with E-state index in [-0.39, 0.29) is 55.9 Å². The van der Waals surface area contributed by atoms with Crippen LogP contribution in [0.15, 0.2) is 103 Å². The highest BCUT2D eigenvalue weighted by Gasteiger charge is 2.53. The van der Waals surface area contributed by atoms with E-state index in [1.54, 1.807) is 0 Å². The second-order valence-corrected chi connectivity index (χ2v) is 36.9. The molecule has 502 valence electrons. The molecule has 0 spiro atoms. The Kier molecular flexibility index (Phi) is 18.7. The standard InChI is InChI=1S/C45H64BNO4.C39H53NO2/c1-40(2,3)28-43(10,11)31-26-34(46-50-44(12,13)45(14,15)51-46)39(49-38-18-16-17-23-48-38)37(27-31)47-35-21-19-29(41(4,5)6)24-32(35)33-25-30(42(7,8)9)20-22-36(33)47;1-36(2,3)25-39(10,11)28-17-20-34(42-35-14-12-13-21-41-35)33(24-28)40-31-18-15-26(37(4,5)6)22-29(31)30-23-27(38(7,8)9)16-19-32(30)40/h19-22,24-27,38H,16-18,23,28H2,1-15H3;15-20,22-24,35H,12-14,21,25H2,1-11H3. The monoisotopic (exact) mass is 1260 g/mol. The lowest BCUT2D eigenvalue weighted by molar-refractivity contribution is -0.106. The van der Waals surface area contributed by atoms with E-state index in [4.69, 9.17) is 28.3 Å². The van der Waals surface area contributed by atoms with E-state index in [2.05, 4.69) is 292 Å². The summed E-state index contributed by atoms with van der Waals surface area (Å²) in [5, 5.41) is 5.09. The Morgan fingerprint density at radius 1 is 0.398 bits per heavy atom. The minimum atomic E-state index is -0.606. The van der Waals surface area contributed by atoms with Gasteiger partial charge < -0.3 is 37.4 Å². The maximum Gasteiger partial charge on any atom is 0.498 e. The minimum Gasteiger partial charge on any atom is -0.463 e. The summed E-state index contributed by atoms with van der Waals surface area (Å²) < 4.78 is 44.7. The van der Waals surface area contributed by atoms with Crippen molar-refractivity contribution in [3.63, 3.8) is 0 Å². The maximum atomic E-state index is 7.11. The van der Waals surface area contributed by atoms with Gasteiger partial charge in [0.2, 0.25) is 0 Å². The molecule has 0 bridgehead atoms. The quantitative estimate of drug-likeness (QED) is 0.120. The number of rotatable bonds is 11. The number of nitrogens with zero attached hydrogens (tertiary/aromatic N) is 2. The molecule has 5 heterocycles. The molecule has 2 aromatic heterocycles. The Hall–Kier alpha value is -5.58. The van der Waals surface area contributed by atoms with Crippen LogP contribution < -0.4 is 14.9 Å². The van der Waals surface area contributed by atoms with E-state index in [1.807, 2.05) is 0 Å². The summed E-state index contributed by atoms with van der Waals surface area (Å²) in [5.74, 6) is 1.66. The first kappa shape index (κ1) is 70.2. The van der Waals surface area contributed by atoms with Crippen LogP contribution in [0.4, 0.5) is 0 Å². The van der Waals surface area contributed by atoms with Crippen molar-refractivity contribution in [3.05, 3.63) is 137 Å². The van der Waals surface area contributed by atoms with Crippen LogP contribution in [0.1, 0.15) is 265 Å². The molecule has 9 heteroatoms. The fourth-order valence-electron chi connectivity index (χ4n) is 14.8. The van der Waals surface area contributed by atoms with Crippen LogP contribution in [0.25, 0.3) is 55.0 Å². The second kappa shape index (κ2) is 24.8. The van der Waals surface area contributed by atoms with Gasteiger partial charge in [0.15, 0.2) is 12.6 Å². The van der Waals surface area contributed by atoms with E-state index < -0.39 is 18.3 Å². The molecule has 0 saturated carbocycles. The van der Waals surface area contributed by atoms with E-state index in [9.17, 15) is 0 Å². The Morgan fingerprint density at radius 2 is 0.742 bits per heavy atom. The van der Waals surface area contributed by atoms with Gasteiger partial charge in [-0.05, 0) is 210 Å². The molecule has 8 aromatic rings. The number of hydrogen-bond acceptors (Lipinski definition) is 6. The number of hydrogen-bond donors (Lipinski definition) is 0. The van der Waals surface area contributed by atoms with Crippen LogP contribution in [-0.4, -0.2) is 53.2 Å². The summed E-state index contributed by atoms with van der Waals surface area (Å²) in [4.78, 5) is 0. The van der Waals surface area contributed by atoms with Gasteiger partial charge in [0.1, 0.15) is 11.5 Å². The van der Waals surface area contributed by atoms with Crippen LogP contribution >= 0.6 is 0 Å². The van der Waals surface area contributed by atoms with Gasteiger partial charge in [0.25, 0.3) is 0 Å². The molecule has 2 atom stereocenters. The summed E-state index contributed by atoms with van der Waals surface area (Å²) in [5.41, 5.74) is 15.0. The van der Waals surface area contributed by atoms with Crippen molar-refractivity contribution in [2.75, 3.05) is 13.2 Å². The molecule has 0 radical (unpaired) electrons. The molecule has 11 rings (SSSR count). The van der Waals surface area contributed by atoms with Crippen molar-refractivity contribution >= 4 is 56.2 Å². The van der Waals surface area contributed by atoms with Gasteiger partial charge in [0.05, 0.1) is 57.9 Å². The fourth-order valence-corrected chi connectivity index (χ4v) is 14.8. The summed E-state index contributed by atoms with van der Waals surface area (Å²) >= 11 is 0. The lowest BCUT2D eigenvalue weighted by Gasteiger charge is -2.35. The van der Waals surface area contributed by atoms with Crippen LogP contribution in [0.5, 0.6) is 11.5 Å². The Morgan fingerprint density at radius 3 is 1.10 bits per heavy atom. The van der Waals surface area contributed by atoms with Crippen LogP contribution in [0.3, 0.4) is 0 Å². The van der Waals surface area contributed by atoms with Crippen molar-refractivity contribution in [1.29, 1.82) is 0 Å². The lowest BCUT2D eigenvalue weighted by atomic mass is 9.69. The molecule has 3 fully saturated rings. The smallest absolute Gasteiger partial charge is 0.463 e. The van der Waals surface area contributed by atoms with Crippen LogP contribution in [0, 0.1) is 10.8 Å². The molecule has 0 N–H and O–H groups in total. The van der Waals surface area contributed by atoms with E-state index >= 15 is 0 Å². The second-order valence-electron chi connectivity index (χ2n) is 36.9. The molecule has 3 aliphatic heterocycles. The molecule has 0 amide bonds. The van der Waals surface area contributed by atoms with Gasteiger partial charge in [-0.2, -0.15) is 0 Å². The zero-order valence-corrected chi connectivity index (χ0v) is 62.5. The van der Waals surface area contributed by atoms with Crippen LogP contribution in [-0.2, 0) is 51.3 Å². The van der Waals surface area contributed by atoms with Crippen molar-refractivity contribution in [1.82, 2.24) is 9.13 Å². The minimum absolute atomic E-state index is 0.00440. The maximum absolute atomic E-state index is 7.11. The number of fused-ring (bicyclic) bond motifs is 6. The van der Waals surface area contributed by atoms with Crippen molar-refractivity contribution in [3.8, 4) is 22.9 Å². The number of aromatic nitrogens is 2. The Bertz CT molecular complexity index is 3860. The first-order chi connectivity index (χ1) is 42.8. The summed E-state index contributed by atoms with van der Waals surface area (Å²) in [6, 6.07) is 39.7. The third-order valence-electron chi connectivity index (χ3n) is 20.3. The molecule has 0 aliphatic carbocycles. The van der Waals surface area contributed by atoms with Gasteiger partial charge in [-0.25, -0.2) is 0 Å². The van der Waals surface area contributed by atoms with Crippen LogP contribution in [0.2, 0.25) is 0 Å². The normalized spacial score (nSPS) is 18.8. The highest BCUT2D eigenvalue weighted by molar-refractivity contribution is 6.63. The molecule has 6 aromatic carbocycles. The highest BCUT2D eigenvalue weighted by Crippen LogP contribution is 2.47. The molecule has 8 nitrogen and oxygen atoms in total. The molecular formula is C84H117BN2O6. The first-order valence-electron chi connectivity index (χ1n) is 35.3. The molecular weight excluding hydrogens is 1140 g/mol. The van der Waals surface area contributed by atoms with Gasteiger partial charge in [-0.1, -0.05) is 189 Å². The largest absolute Gasteiger partial charge is 0.498 e. The third kappa shape index (κ3) is 15.0. The molecule has 3 aliphatic rings. The SMILES string of the molecule is CC(C)(C)CC(C)(C)c1cc(B2OC(C)(C)C(C)(C)O2)c(OC2CCCCO2)c(-n2c3ccc(C(C)(C)C)cc3c3cc(C(C)(C)C)ccc32)c1.CC(C)(C)CC(C)(C)c1ccc(OC2CCCCO2)c(-n2c3ccc(C(C)(C)C)cc3c3cc(C(C)(C)C)ccc32)c1. The molecule has 3 saturated heterocycles. The summed E-state index contributed by atoms with van der Waals surface area (Å²) in [6.45, 7) is 61.0. The topological polar surface area (TPSA) is 65.2 Å².